The molecule has 6 heteroatoms. The van der Waals surface area contributed by atoms with Crippen LogP contribution in [-0.2, 0) is 10.0 Å². The summed E-state index contributed by atoms with van der Waals surface area (Å²) in [7, 11) is -1.12. The topological polar surface area (TPSA) is 75.4 Å². The first-order valence-corrected chi connectivity index (χ1v) is 7.37. The van der Waals surface area contributed by atoms with Crippen LogP contribution in [0.15, 0.2) is 0 Å². The molecule has 96 valence electrons. The van der Waals surface area contributed by atoms with Gasteiger partial charge in [-0.3, -0.25) is 0 Å². The number of nitrogens with two attached hydrogens (primary N) is 1. The highest BCUT2D eigenvalue weighted by molar-refractivity contribution is 7.90. The predicted molar refractivity (Wildman–Crippen MR) is 65.7 cm³/mol. The number of rotatable bonds is 5. The molecule has 0 aliphatic carbocycles. The van der Waals surface area contributed by atoms with Crippen LogP contribution < -0.4 is 10.5 Å². The van der Waals surface area contributed by atoms with Crippen LogP contribution >= 0.6 is 0 Å². The lowest BCUT2D eigenvalue weighted by atomic mass is 9.98. The van der Waals surface area contributed by atoms with Crippen molar-refractivity contribution in [1.82, 2.24) is 9.62 Å². The fraction of sp³-hybridized carbons (Fsp3) is 1.00. The molecule has 1 unspecified atom stereocenters. The fourth-order valence-corrected chi connectivity index (χ4v) is 2.78. The van der Waals surface area contributed by atoms with Crippen LogP contribution in [0.3, 0.4) is 0 Å². The minimum atomic E-state index is -3.21. The van der Waals surface area contributed by atoms with Gasteiger partial charge in [0.05, 0.1) is 5.25 Å². The normalized spacial score (nSPS) is 22.2. The molecule has 1 aliphatic rings. The molecule has 0 spiro atoms. The minimum Gasteiger partial charge on any atom is -0.329 e. The molecular formula is C10H23N3O2S. The minimum absolute atomic E-state index is 0.169. The van der Waals surface area contributed by atoms with Crippen LogP contribution in [0, 0.1) is 5.92 Å². The second-order valence-electron chi connectivity index (χ2n) is 4.69. The predicted octanol–water partition coefficient (Wildman–Crippen LogP) is -0.405. The zero-order valence-electron chi connectivity index (χ0n) is 10.1. The van der Waals surface area contributed by atoms with E-state index in [9.17, 15) is 8.42 Å². The van der Waals surface area contributed by atoms with Crippen molar-refractivity contribution in [2.75, 3.05) is 33.2 Å². The summed E-state index contributed by atoms with van der Waals surface area (Å²) in [6.45, 7) is 4.47. The maximum absolute atomic E-state index is 11.7. The van der Waals surface area contributed by atoms with Gasteiger partial charge in [-0.15, -0.1) is 0 Å². The molecule has 0 amide bonds. The molecule has 16 heavy (non-hydrogen) atoms. The van der Waals surface area contributed by atoms with Crippen molar-refractivity contribution in [3.05, 3.63) is 0 Å². The first-order chi connectivity index (χ1) is 7.45. The number of piperidine rings is 1. The summed E-state index contributed by atoms with van der Waals surface area (Å²) in [5.74, 6) is 0.468. The Morgan fingerprint density at radius 1 is 1.44 bits per heavy atom. The lowest BCUT2D eigenvalue weighted by molar-refractivity contribution is 0.220. The summed E-state index contributed by atoms with van der Waals surface area (Å²) in [5.41, 5.74) is 5.36. The van der Waals surface area contributed by atoms with E-state index >= 15 is 0 Å². The molecule has 0 radical (unpaired) electrons. The number of nitrogens with one attached hydrogen (secondary N) is 1. The van der Waals surface area contributed by atoms with Gasteiger partial charge in [-0.1, -0.05) is 0 Å². The van der Waals surface area contributed by atoms with Crippen molar-refractivity contribution in [2.45, 2.75) is 25.0 Å². The molecule has 1 heterocycles. The van der Waals surface area contributed by atoms with Crippen LogP contribution in [0.4, 0.5) is 0 Å². The number of hydrogen-bond donors (Lipinski definition) is 2. The standard InChI is InChI=1S/C10H23N3O2S/c1-9(7-11)16(14,15)12-8-10-3-5-13(2)6-4-10/h9-10,12H,3-8,11H2,1-2H3. The molecular weight excluding hydrogens is 226 g/mol. The lowest BCUT2D eigenvalue weighted by Crippen LogP contribution is -2.41. The van der Waals surface area contributed by atoms with E-state index in [1.54, 1.807) is 6.92 Å². The summed E-state index contributed by atoms with van der Waals surface area (Å²) in [6, 6.07) is 0. The highest BCUT2D eigenvalue weighted by atomic mass is 32.2. The van der Waals surface area contributed by atoms with E-state index < -0.39 is 15.3 Å². The first-order valence-electron chi connectivity index (χ1n) is 5.82. The molecule has 0 aromatic heterocycles. The van der Waals surface area contributed by atoms with E-state index in [-0.39, 0.29) is 6.54 Å². The Morgan fingerprint density at radius 2 is 2.00 bits per heavy atom. The van der Waals surface area contributed by atoms with Gasteiger partial charge in [0, 0.05) is 13.1 Å². The van der Waals surface area contributed by atoms with Gasteiger partial charge in [0.15, 0.2) is 0 Å². The van der Waals surface area contributed by atoms with Crippen molar-refractivity contribution in [3.8, 4) is 0 Å². The van der Waals surface area contributed by atoms with Gasteiger partial charge in [-0.2, -0.15) is 0 Å². The lowest BCUT2D eigenvalue weighted by Gasteiger charge is -2.29. The Bertz CT molecular complexity index is 297. The third kappa shape index (κ3) is 4.01. The zero-order valence-corrected chi connectivity index (χ0v) is 11.0. The highest BCUT2D eigenvalue weighted by Gasteiger charge is 2.22. The summed E-state index contributed by atoms with van der Waals surface area (Å²) >= 11 is 0. The average molecular weight is 249 g/mol. The summed E-state index contributed by atoms with van der Waals surface area (Å²) in [5, 5.41) is -0.501. The number of likely N-dealkylation sites (tertiary alicyclic amines) is 1. The number of hydrogen-bond acceptors (Lipinski definition) is 4. The van der Waals surface area contributed by atoms with E-state index in [1.165, 1.54) is 0 Å². The first kappa shape index (κ1) is 13.9. The van der Waals surface area contributed by atoms with E-state index in [1.807, 2.05) is 0 Å². The van der Waals surface area contributed by atoms with E-state index in [2.05, 4.69) is 16.7 Å². The Morgan fingerprint density at radius 3 is 2.50 bits per heavy atom. The summed E-state index contributed by atoms with van der Waals surface area (Å²) < 4.78 is 26.0. The van der Waals surface area contributed by atoms with Crippen molar-refractivity contribution in [3.63, 3.8) is 0 Å². The van der Waals surface area contributed by atoms with Crippen LogP contribution in [0.2, 0.25) is 0 Å². The zero-order chi connectivity index (χ0) is 12.2. The van der Waals surface area contributed by atoms with Crippen molar-refractivity contribution >= 4 is 10.0 Å². The smallest absolute Gasteiger partial charge is 0.215 e. The molecule has 1 rings (SSSR count). The molecule has 0 aromatic rings. The Balaban J connectivity index is 2.34. The van der Waals surface area contributed by atoms with Gasteiger partial charge < -0.3 is 10.6 Å². The van der Waals surface area contributed by atoms with Crippen molar-refractivity contribution < 1.29 is 8.42 Å². The second kappa shape index (κ2) is 5.95. The monoisotopic (exact) mass is 249 g/mol. The SMILES string of the molecule is CC(CN)S(=O)(=O)NCC1CCN(C)CC1. The molecule has 0 aromatic carbocycles. The molecule has 0 saturated carbocycles. The molecule has 1 saturated heterocycles. The van der Waals surface area contributed by atoms with Gasteiger partial charge in [0.1, 0.15) is 0 Å². The van der Waals surface area contributed by atoms with Gasteiger partial charge in [-0.25, -0.2) is 13.1 Å². The Labute approximate surface area is 98.4 Å². The molecule has 1 atom stereocenters. The van der Waals surface area contributed by atoms with Gasteiger partial charge >= 0.3 is 0 Å². The molecule has 0 bridgehead atoms. The quantitative estimate of drug-likeness (QED) is 0.695. The number of sulfonamides is 1. The second-order valence-corrected chi connectivity index (χ2v) is 6.87. The van der Waals surface area contributed by atoms with Crippen LogP contribution in [0.25, 0.3) is 0 Å². The molecule has 1 fully saturated rings. The molecule has 3 N–H and O–H groups in total. The van der Waals surface area contributed by atoms with E-state index in [0.717, 1.165) is 25.9 Å². The van der Waals surface area contributed by atoms with Crippen molar-refractivity contribution in [2.24, 2.45) is 11.7 Å². The van der Waals surface area contributed by atoms with Gasteiger partial charge in [0.2, 0.25) is 10.0 Å². The van der Waals surface area contributed by atoms with Crippen molar-refractivity contribution in [1.29, 1.82) is 0 Å². The fourth-order valence-electron chi connectivity index (χ4n) is 1.77. The van der Waals surface area contributed by atoms with Crippen LogP contribution in [0.1, 0.15) is 19.8 Å². The van der Waals surface area contributed by atoms with E-state index in [0.29, 0.717) is 12.5 Å². The highest BCUT2D eigenvalue weighted by Crippen LogP contribution is 2.15. The summed E-state index contributed by atoms with van der Waals surface area (Å²) in [4.78, 5) is 2.27. The average Bonchev–Trinajstić information content (AvgIpc) is 2.27. The maximum Gasteiger partial charge on any atom is 0.215 e. The largest absolute Gasteiger partial charge is 0.329 e. The molecule has 5 nitrogen and oxygen atoms in total. The Kier molecular flexibility index (Phi) is 5.17. The van der Waals surface area contributed by atoms with E-state index in [4.69, 9.17) is 5.73 Å². The van der Waals surface area contributed by atoms with Gasteiger partial charge in [0.25, 0.3) is 0 Å². The Hall–Kier alpha value is -0.170. The third-order valence-corrected chi connectivity index (χ3v) is 5.09. The number of nitrogens with zero attached hydrogens (tertiary/aromatic N) is 1. The third-order valence-electron chi connectivity index (χ3n) is 3.27. The molecule has 1 aliphatic heterocycles. The van der Waals surface area contributed by atoms with Crippen LogP contribution in [0.5, 0.6) is 0 Å². The van der Waals surface area contributed by atoms with Gasteiger partial charge in [-0.05, 0) is 45.8 Å². The summed E-state index contributed by atoms with van der Waals surface area (Å²) in [6.07, 6.45) is 2.13. The maximum atomic E-state index is 11.7. The van der Waals surface area contributed by atoms with Crippen LogP contribution in [-0.4, -0.2) is 51.8 Å².